The SMILES string of the molecule is COc1ccc(C(C(=O)O)C2CN(C)C2)cc1. The summed E-state index contributed by atoms with van der Waals surface area (Å²) in [5, 5.41) is 9.33. The zero-order chi connectivity index (χ0) is 12.4. The fourth-order valence-electron chi connectivity index (χ4n) is 2.39. The highest BCUT2D eigenvalue weighted by Crippen LogP contribution is 2.32. The number of benzene rings is 1. The zero-order valence-electron chi connectivity index (χ0n) is 10.1. The summed E-state index contributed by atoms with van der Waals surface area (Å²) < 4.78 is 5.07. The molecule has 1 aromatic carbocycles. The van der Waals surface area contributed by atoms with E-state index in [1.54, 1.807) is 7.11 Å². The number of rotatable bonds is 4. The molecule has 4 heteroatoms. The van der Waals surface area contributed by atoms with Gasteiger partial charge >= 0.3 is 5.97 Å². The van der Waals surface area contributed by atoms with Gasteiger partial charge in [-0.1, -0.05) is 12.1 Å². The van der Waals surface area contributed by atoms with Gasteiger partial charge in [0, 0.05) is 19.0 Å². The molecule has 1 heterocycles. The number of aliphatic carboxylic acids is 1. The van der Waals surface area contributed by atoms with Crippen LogP contribution in [0.5, 0.6) is 5.75 Å². The topological polar surface area (TPSA) is 49.8 Å². The second kappa shape index (κ2) is 4.75. The van der Waals surface area contributed by atoms with Gasteiger partial charge in [0.15, 0.2) is 0 Å². The normalized spacial score (nSPS) is 18.5. The molecule has 0 saturated carbocycles. The number of carbonyl (C=O) groups is 1. The quantitative estimate of drug-likeness (QED) is 0.857. The molecule has 1 aliphatic heterocycles. The number of nitrogens with zero attached hydrogens (tertiary/aromatic N) is 1. The minimum atomic E-state index is -0.742. The number of carboxylic acid groups (broad SMARTS) is 1. The number of carboxylic acids is 1. The van der Waals surface area contributed by atoms with E-state index in [1.165, 1.54) is 0 Å². The van der Waals surface area contributed by atoms with Crippen LogP contribution in [0.1, 0.15) is 11.5 Å². The molecule has 0 aliphatic carbocycles. The summed E-state index contributed by atoms with van der Waals surface area (Å²) in [4.78, 5) is 13.5. The Balaban J connectivity index is 2.17. The van der Waals surface area contributed by atoms with Crippen LogP contribution in [0, 0.1) is 5.92 Å². The zero-order valence-corrected chi connectivity index (χ0v) is 10.1. The first-order valence-electron chi connectivity index (χ1n) is 5.67. The van der Waals surface area contributed by atoms with E-state index in [2.05, 4.69) is 4.90 Å². The fourth-order valence-corrected chi connectivity index (χ4v) is 2.39. The van der Waals surface area contributed by atoms with Gasteiger partial charge in [-0.3, -0.25) is 4.79 Å². The van der Waals surface area contributed by atoms with E-state index in [-0.39, 0.29) is 5.92 Å². The Morgan fingerprint density at radius 2 is 2.00 bits per heavy atom. The molecule has 0 amide bonds. The van der Waals surface area contributed by atoms with Gasteiger partial charge < -0.3 is 14.7 Å². The molecule has 92 valence electrons. The summed E-state index contributed by atoms with van der Waals surface area (Å²) in [6, 6.07) is 7.31. The molecule has 1 N–H and O–H groups in total. The van der Waals surface area contributed by atoms with Gasteiger partial charge in [0.25, 0.3) is 0 Å². The molecule has 0 spiro atoms. The van der Waals surface area contributed by atoms with E-state index in [1.807, 2.05) is 31.3 Å². The third kappa shape index (κ3) is 2.42. The lowest BCUT2D eigenvalue weighted by molar-refractivity contribution is -0.141. The van der Waals surface area contributed by atoms with Crippen molar-refractivity contribution in [2.24, 2.45) is 5.92 Å². The molecule has 1 atom stereocenters. The van der Waals surface area contributed by atoms with Crippen LogP contribution >= 0.6 is 0 Å². The van der Waals surface area contributed by atoms with E-state index < -0.39 is 11.9 Å². The van der Waals surface area contributed by atoms with Crippen molar-refractivity contribution in [3.05, 3.63) is 29.8 Å². The highest BCUT2D eigenvalue weighted by atomic mass is 16.5. The summed E-state index contributed by atoms with van der Waals surface area (Å²) in [6.45, 7) is 1.70. The summed E-state index contributed by atoms with van der Waals surface area (Å²) >= 11 is 0. The average molecular weight is 235 g/mol. The number of hydrogen-bond donors (Lipinski definition) is 1. The predicted octanol–water partition coefficient (Wildman–Crippen LogP) is 1.43. The Morgan fingerprint density at radius 3 is 2.41 bits per heavy atom. The summed E-state index contributed by atoms with van der Waals surface area (Å²) in [7, 11) is 3.61. The Morgan fingerprint density at radius 1 is 1.41 bits per heavy atom. The first-order valence-corrected chi connectivity index (χ1v) is 5.67. The fraction of sp³-hybridized carbons (Fsp3) is 0.462. The van der Waals surface area contributed by atoms with Gasteiger partial charge in [0.05, 0.1) is 13.0 Å². The van der Waals surface area contributed by atoms with Crippen molar-refractivity contribution in [1.82, 2.24) is 4.90 Å². The van der Waals surface area contributed by atoms with Crippen molar-refractivity contribution in [2.45, 2.75) is 5.92 Å². The highest BCUT2D eigenvalue weighted by Gasteiger charge is 2.36. The summed E-state index contributed by atoms with van der Waals surface area (Å²) in [5.41, 5.74) is 0.858. The smallest absolute Gasteiger partial charge is 0.311 e. The second-order valence-electron chi connectivity index (χ2n) is 4.57. The van der Waals surface area contributed by atoms with Crippen molar-refractivity contribution in [3.8, 4) is 5.75 Å². The first-order chi connectivity index (χ1) is 8.11. The number of likely N-dealkylation sites (tertiary alicyclic amines) is 1. The monoisotopic (exact) mass is 235 g/mol. The van der Waals surface area contributed by atoms with Crippen molar-refractivity contribution >= 4 is 5.97 Å². The number of methoxy groups -OCH3 is 1. The lowest BCUT2D eigenvalue weighted by Gasteiger charge is -2.39. The summed E-state index contributed by atoms with van der Waals surface area (Å²) in [6.07, 6.45) is 0. The molecule has 0 bridgehead atoms. The highest BCUT2D eigenvalue weighted by molar-refractivity contribution is 5.76. The van der Waals surface area contributed by atoms with Crippen LogP contribution in [0.3, 0.4) is 0 Å². The van der Waals surface area contributed by atoms with Gasteiger partial charge in [-0.2, -0.15) is 0 Å². The van der Waals surface area contributed by atoms with Gasteiger partial charge in [-0.25, -0.2) is 0 Å². The predicted molar refractivity (Wildman–Crippen MR) is 64.4 cm³/mol. The largest absolute Gasteiger partial charge is 0.497 e. The van der Waals surface area contributed by atoms with Crippen molar-refractivity contribution in [1.29, 1.82) is 0 Å². The molecule has 0 radical (unpaired) electrons. The van der Waals surface area contributed by atoms with Crippen LogP contribution < -0.4 is 4.74 Å². The molecule has 1 aromatic rings. The third-order valence-electron chi connectivity index (χ3n) is 3.30. The van der Waals surface area contributed by atoms with Crippen LogP contribution in [0.2, 0.25) is 0 Å². The second-order valence-corrected chi connectivity index (χ2v) is 4.57. The molecular formula is C13H17NO3. The van der Waals surface area contributed by atoms with Crippen LogP contribution in [0.4, 0.5) is 0 Å². The molecule has 1 unspecified atom stereocenters. The van der Waals surface area contributed by atoms with Crippen molar-refractivity contribution < 1.29 is 14.6 Å². The minimum Gasteiger partial charge on any atom is -0.497 e. The van der Waals surface area contributed by atoms with Crippen LogP contribution in [0.25, 0.3) is 0 Å². The molecule has 17 heavy (non-hydrogen) atoms. The van der Waals surface area contributed by atoms with Crippen LogP contribution in [-0.4, -0.2) is 43.2 Å². The van der Waals surface area contributed by atoms with Gasteiger partial charge in [0.2, 0.25) is 0 Å². The van der Waals surface area contributed by atoms with Crippen molar-refractivity contribution in [2.75, 3.05) is 27.2 Å². The van der Waals surface area contributed by atoms with Gasteiger partial charge in [0.1, 0.15) is 5.75 Å². The number of hydrogen-bond acceptors (Lipinski definition) is 3. The Labute approximate surface area is 101 Å². The van der Waals surface area contributed by atoms with E-state index in [0.29, 0.717) is 0 Å². The Kier molecular flexibility index (Phi) is 3.33. The first kappa shape index (κ1) is 11.9. The van der Waals surface area contributed by atoms with E-state index in [9.17, 15) is 9.90 Å². The van der Waals surface area contributed by atoms with Gasteiger partial charge in [-0.05, 0) is 24.7 Å². The average Bonchev–Trinajstić information content (AvgIpc) is 2.27. The number of ether oxygens (including phenoxy) is 1. The maximum Gasteiger partial charge on any atom is 0.311 e. The Hall–Kier alpha value is -1.55. The molecule has 0 aromatic heterocycles. The van der Waals surface area contributed by atoms with E-state index >= 15 is 0 Å². The van der Waals surface area contributed by atoms with Crippen molar-refractivity contribution in [3.63, 3.8) is 0 Å². The van der Waals surface area contributed by atoms with Crippen LogP contribution in [0.15, 0.2) is 24.3 Å². The standard InChI is InChI=1S/C13H17NO3/c1-14-7-10(8-14)12(13(15)16)9-3-5-11(17-2)6-4-9/h3-6,10,12H,7-8H2,1-2H3,(H,15,16). The molecule has 1 fully saturated rings. The van der Waals surface area contributed by atoms with E-state index in [0.717, 1.165) is 24.4 Å². The molecule has 1 aliphatic rings. The maximum atomic E-state index is 11.3. The Bertz CT molecular complexity index is 396. The van der Waals surface area contributed by atoms with Gasteiger partial charge in [-0.15, -0.1) is 0 Å². The molecular weight excluding hydrogens is 218 g/mol. The van der Waals surface area contributed by atoms with E-state index in [4.69, 9.17) is 4.74 Å². The molecule has 2 rings (SSSR count). The third-order valence-corrected chi connectivity index (χ3v) is 3.30. The minimum absolute atomic E-state index is 0.214. The molecule has 4 nitrogen and oxygen atoms in total. The molecule has 1 saturated heterocycles. The van der Waals surface area contributed by atoms with Crippen LogP contribution in [-0.2, 0) is 4.79 Å². The lowest BCUT2D eigenvalue weighted by atomic mass is 9.81. The maximum absolute atomic E-state index is 11.3. The summed E-state index contributed by atoms with van der Waals surface area (Å²) in [5.74, 6) is -0.181. The lowest BCUT2D eigenvalue weighted by Crippen LogP contribution is -2.48.